The molecule has 1 amide bonds. The van der Waals surface area contributed by atoms with E-state index in [4.69, 9.17) is 9.47 Å². The van der Waals surface area contributed by atoms with Crippen molar-refractivity contribution < 1.29 is 27.8 Å². The minimum Gasteiger partial charge on any atom is -0.462 e. The summed E-state index contributed by atoms with van der Waals surface area (Å²) < 4.78 is 36.4. The lowest BCUT2D eigenvalue weighted by atomic mass is 10.1. The quantitative estimate of drug-likeness (QED) is 0.655. The third-order valence-corrected chi connectivity index (χ3v) is 3.18. The molecule has 0 spiro atoms. The minimum atomic E-state index is -1.10. The number of ether oxygens (including phenoxy) is 2. The Morgan fingerprint density at radius 2 is 2.00 bits per heavy atom. The molecule has 2 rings (SSSR count). The maximum Gasteiger partial charge on any atom is 0.326 e. The summed E-state index contributed by atoms with van der Waals surface area (Å²) in [6.07, 6.45) is 0. The number of benzene rings is 1. The highest BCUT2D eigenvalue weighted by Crippen LogP contribution is 2.33. The van der Waals surface area contributed by atoms with Crippen molar-refractivity contribution in [3.05, 3.63) is 23.8 Å². The average Bonchev–Trinajstić information content (AvgIpc) is 2.47. The van der Waals surface area contributed by atoms with Crippen molar-refractivity contribution in [2.24, 2.45) is 0 Å². The zero-order chi connectivity index (χ0) is 16.3. The van der Waals surface area contributed by atoms with Crippen molar-refractivity contribution in [3.63, 3.8) is 0 Å². The zero-order valence-electron chi connectivity index (χ0n) is 12.2. The monoisotopic (exact) mass is 314 g/mol. The summed E-state index contributed by atoms with van der Waals surface area (Å²) in [6.45, 7) is 1.46. The molecule has 120 valence electrons. The third kappa shape index (κ3) is 3.33. The number of rotatable bonds is 5. The van der Waals surface area contributed by atoms with E-state index in [1.165, 1.54) is 7.11 Å². The third-order valence-electron chi connectivity index (χ3n) is 3.18. The summed E-state index contributed by atoms with van der Waals surface area (Å²) in [5.41, 5.74) is 0.349. The molecule has 1 N–H and O–H groups in total. The lowest BCUT2D eigenvalue weighted by molar-refractivity contribution is -0.144. The van der Waals surface area contributed by atoms with Gasteiger partial charge < -0.3 is 14.8 Å². The predicted octanol–water partition coefficient (Wildman–Crippen LogP) is 1.30. The fraction of sp³-hybridized carbons (Fsp3) is 0.429. The van der Waals surface area contributed by atoms with Gasteiger partial charge in [0.1, 0.15) is 19.2 Å². The van der Waals surface area contributed by atoms with Gasteiger partial charge in [-0.15, -0.1) is 0 Å². The molecule has 0 aliphatic carbocycles. The molecule has 1 atom stereocenters. The number of hydrogen-bond donors (Lipinski definition) is 1. The molecular weight excluding hydrogens is 298 g/mol. The van der Waals surface area contributed by atoms with Crippen LogP contribution in [-0.2, 0) is 19.1 Å². The van der Waals surface area contributed by atoms with Gasteiger partial charge in [-0.1, -0.05) is 0 Å². The highest BCUT2D eigenvalue weighted by atomic mass is 19.2. The number of methoxy groups -OCH3 is 1. The van der Waals surface area contributed by atoms with Gasteiger partial charge in [0, 0.05) is 19.2 Å². The Morgan fingerprint density at radius 1 is 1.32 bits per heavy atom. The molecule has 1 heterocycles. The molecule has 0 aromatic heterocycles. The summed E-state index contributed by atoms with van der Waals surface area (Å²) in [5.74, 6) is -3.21. The molecule has 0 saturated carbocycles. The Morgan fingerprint density at radius 3 is 2.68 bits per heavy atom. The standard InChI is InChI=1S/C14H16F2N2O4/c1-8-14(20)18(7-13(19)22-4-3-21-2)12-6-10(16)9(15)5-11(12)17-8/h5-6,8,17H,3-4,7H2,1-2H3. The summed E-state index contributed by atoms with van der Waals surface area (Å²) in [5, 5.41) is 2.76. The minimum absolute atomic E-state index is 0.0514. The van der Waals surface area contributed by atoms with Gasteiger partial charge in [-0.3, -0.25) is 14.5 Å². The molecule has 8 heteroatoms. The molecule has 6 nitrogen and oxygen atoms in total. The normalized spacial score (nSPS) is 17.0. The van der Waals surface area contributed by atoms with Crippen LogP contribution < -0.4 is 10.2 Å². The largest absolute Gasteiger partial charge is 0.462 e. The number of halogens is 2. The Kier molecular flexibility index (Phi) is 4.92. The first kappa shape index (κ1) is 16.2. The van der Waals surface area contributed by atoms with E-state index >= 15 is 0 Å². The molecule has 0 fully saturated rings. The number of carbonyl (C=O) groups is 2. The van der Waals surface area contributed by atoms with Crippen LogP contribution >= 0.6 is 0 Å². The second-order valence-corrected chi connectivity index (χ2v) is 4.79. The molecule has 1 aromatic rings. The summed E-state index contributed by atoms with van der Waals surface area (Å²) in [4.78, 5) is 25.0. The highest BCUT2D eigenvalue weighted by molar-refractivity contribution is 6.07. The van der Waals surface area contributed by atoms with Gasteiger partial charge in [-0.25, -0.2) is 8.78 Å². The van der Waals surface area contributed by atoms with Gasteiger partial charge in [0.15, 0.2) is 11.6 Å². The molecule has 22 heavy (non-hydrogen) atoms. The van der Waals surface area contributed by atoms with E-state index < -0.39 is 29.6 Å². The Hall–Kier alpha value is -2.22. The van der Waals surface area contributed by atoms with Gasteiger partial charge in [-0.05, 0) is 6.92 Å². The SMILES string of the molecule is COCCOC(=O)CN1C(=O)C(C)Nc2cc(F)c(F)cc21. The van der Waals surface area contributed by atoms with Crippen LogP contribution in [0.25, 0.3) is 0 Å². The first-order chi connectivity index (χ1) is 10.4. The van der Waals surface area contributed by atoms with E-state index in [1.807, 2.05) is 0 Å². The molecular formula is C14H16F2N2O4. The number of amides is 1. The van der Waals surface area contributed by atoms with E-state index in [9.17, 15) is 18.4 Å². The molecule has 0 radical (unpaired) electrons. The number of nitrogens with zero attached hydrogens (tertiary/aromatic N) is 1. The molecule has 1 aliphatic heterocycles. The average molecular weight is 314 g/mol. The van der Waals surface area contributed by atoms with Crippen LogP contribution in [0.3, 0.4) is 0 Å². The van der Waals surface area contributed by atoms with E-state index in [1.54, 1.807) is 6.92 Å². The van der Waals surface area contributed by atoms with Crippen molar-refractivity contribution >= 4 is 23.3 Å². The van der Waals surface area contributed by atoms with Crippen molar-refractivity contribution in [1.82, 2.24) is 0 Å². The predicted molar refractivity (Wildman–Crippen MR) is 74.6 cm³/mol. The summed E-state index contributed by atoms with van der Waals surface area (Å²) >= 11 is 0. The second-order valence-electron chi connectivity index (χ2n) is 4.79. The van der Waals surface area contributed by atoms with Crippen LogP contribution in [0.5, 0.6) is 0 Å². The number of esters is 1. The second kappa shape index (κ2) is 6.69. The van der Waals surface area contributed by atoms with Gasteiger partial charge in [0.25, 0.3) is 0 Å². The Balaban J connectivity index is 2.21. The number of fused-ring (bicyclic) bond motifs is 1. The van der Waals surface area contributed by atoms with Crippen molar-refractivity contribution in [3.8, 4) is 0 Å². The summed E-state index contributed by atoms with van der Waals surface area (Å²) in [6, 6.07) is 1.17. The maximum absolute atomic E-state index is 13.4. The van der Waals surface area contributed by atoms with E-state index in [0.29, 0.717) is 0 Å². The van der Waals surface area contributed by atoms with Gasteiger partial charge in [-0.2, -0.15) is 0 Å². The molecule has 0 saturated heterocycles. The van der Waals surface area contributed by atoms with Gasteiger partial charge >= 0.3 is 5.97 Å². The maximum atomic E-state index is 13.4. The van der Waals surface area contributed by atoms with Crippen molar-refractivity contribution in [2.75, 3.05) is 37.1 Å². The number of nitrogens with one attached hydrogen (secondary N) is 1. The van der Waals surface area contributed by atoms with E-state index in [2.05, 4.69) is 5.32 Å². The Bertz CT molecular complexity index is 594. The van der Waals surface area contributed by atoms with Crippen LogP contribution in [0.4, 0.5) is 20.2 Å². The van der Waals surface area contributed by atoms with E-state index in [0.717, 1.165) is 17.0 Å². The van der Waals surface area contributed by atoms with Crippen molar-refractivity contribution in [1.29, 1.82) is 0 Å². The number of hydrogen-bond acceptors (Lipinski definition) is 5. The lowest BCUT2D eigenvalue weighted by Gasteiger charge is -2.33. The first-order valence-corrected chi connectivity index (χ1v) is 6.65. The lowest BCUT2D eigenvalue weighted by Crippen LogP contribution is -2.48. The summed E-state index contributed by atoms with van der Waals surface area (Å²) in [7, 11) is 1.46. The fourth-order valence-electron chi connectivity index (χ4n) is 2.10. The smallest absolute Gasteiger partial charge is 0.326 e. The van der Waals surface area contributed by atoms with Gasteiger partial charge in [0.05, 0.1) is 18.0 Å². The molecule has 1 aromatic carbocycles. The topological polar surface area (TPSA) is 67.9 Å². The fourth-order valence-corrected chi connectivity index (χ4v) is 2.10. The van der Waals surface area contributed by atoms with Crippen LogP contribution in [0, 0.1) is 11.6 Å². The number of anilines is 2. The van der Waals surface area contributed by atoms with Crippen LogP contribution in [0.15, 0.2) is 12.1 Å². The first-order valence-electron chi connectivity index (χ1n) is 6.65. The van der Waals surface area contributed by atoms with E-state index in [-0.39, 0.29) is 31.1 Å². The zero-order valence-corrected chi connectivity index (χ0v) is 12.2. The van der Waals surface area contributed by atoms with Gasteiger partial charge in [0.2, 0.25) is 5.91 Å². The van der Waals surface area contributed by atoms with Crippen LogP contribution in [0.1, 0.15) is 6.92 Å². The molecule has 0 bridgehead atoms. The molecule has 1 aliphatic rings. The Labute approximate surface area is 126 Å². The van der Waals surface area contributed by atoms with Crippen molar-refractivity contribution in [2.45, 2.75) is 13.0 Å². The molecule has 1 unspecified atom stereocenters. The van der Waals surface area contributed by atoms with Crippen LogP contribution in [-0.4, -0.2) is 44.8 Å². The van der Waals surface area contributed by atoms with Crippen LogP contribution in [0.2, 0.25) is 0 Å². The number of carbonyl (C=O) groups excluding carboxylic acids is 2. The highest BCUT2D eigenvalue weighted by Gasteiger charge is 2.32.